The van der Waals surface area contributed by atoms with E-state index in [0.29, 0.717) is 0 Å². The van der Waals surface area contributed by atoms with Gasteiger partial charge in [-0.15, -0.1) is 0 Å². The molecule has 0 saturated carbocycles. The molecule has 2 heterocycles. The molecule has 0 aliphatic carbocycles. The average Bonchev–Trinajstić information content (AvgIpc) is 3.67. The molecule has 2 heteroatoms. The first-order valence-corrected chi connectivity index (χ1v) is 16.5. The number of benzene rings is 8. The van der Waals surface area contributed by atoms with E-state index in [4.69, 9.17) is 0 Å². The van der Waals surface area contributed by atoms with Crippen LogP contribution in [0.5, 0.6) is 0 Å². The molecular weight excluding hydrogens is 581 g/mol. The Bertz CT molecular complexity index is 2820. The lowest BCUT2D eigenvalue weighted by molar-refractivity contribution is 1.18. The Labute approximate surface area is 278 Å². The van der Waals surface area contributed by atoms with Crippen LogP contribution in [0, 0.1) is 0 Å². The molecule has 0 aliphatic rings. The Balaban J connectivity index is 1.18. The number of fused-ring (bicyclic) bond motifs is 7. The first-order valence-electron chi connectivity index (χ1n) is 16.5. The number of rotatable bonds is 4. The van der Waals surface area contributed by atoms with Crippen molar-refractivity contribution >= 4 is 54.4 Å². The van der Waals surface area contributed by atoms with Gasteiger partial charge < -0.3 is 9.13 Å². The average molecular weight is 611 g/mol. The Morgan fingerprint density at radius 3 is 1.40 bits per heavy atom. The standard InChI is InChI=1S/C46H30N2/c1-3-11-31(12-4-1)34-20-24-45-41(28-34)42-30-36(22-26-46(42)47(45)37-15-5-2-6-16-37)35-21-25-44-40(29-35)39-17-9-10-18-43(39)48(44)38-23-19-32-13-7-8-14-33(32)27-38/h1-30H. The smallest absolute Gasteiger partial charge is 0.0541 e. The number of hydrogen-bond acceptors (Lipinski definition) is 0. The molecule has 2 nitrogen and oxygen atoms in total. The Morgan fingerprint density at radius 1 is 0.250 bits per heavy atom. The van der Waals surface area contributed by atoms with Crippen molar-refractivity contribution < 1.29 is 0 Å². The summed E-state index contributed by atoms with van der Waals surface area (Å²) in [6, 6.07) is 66.3. The molecule has 0 N–H and O–H groups in total. The van der Waals surface area contributed by atoms with Gasteiger partial charge in [-0.05, 0) is 99.8 Å². The number of para-hydroxylation sites is 2. The van der Waals surface area contributed by atoms with Crippen LogP contribution in [-0.2, 0) is 0 Å². The van der Waals surface area contributed by atoms with E-state index in [1.807, 2.05) is 0 Å². The Morgan fingerprint density at radius 2 is 0.729 bits per heavy atom. The lowest BCUT2D eigenvalue weighted by Gasteiger charge is -2.10. The van der Waals surface area contributed by atoms with Crippen molar-refractivity contribution in [2.45, 2.75) is 0 Å². The van der Waals surface area contributed by atoms with E-state index in [2.05, 4.69) is 191 Å². The molecule has 0 unspecified atom stereocenters. The molecule has 0 radical (unpaired) electrons. The molecule has 0 amide bonds. The maximum atomic E-state index is 2.41. The maximum absolute atomic E-state index is 2.41. The summed E-state index contributed by atoms with van der Waals surface area (Å²) in [5.74, 6) is 0. The Hall–Kier alpha value is -6.38. The second kappa shape index (κ2) is 10.6. The summed E-state index contributed by atoms with van der Waals surface area (Å²) in [6.45, 7) is 0. The van der Waals surface area contributed by atoms with Crippen LogP contribution >= 0.6 is 0 Å². The minimum Gasteiger partial charge on any atom is -0.309 e. The molecular formula is C46H30N2. The number of nitrogens with zero attached hydrogens (tertiary/aromatic N) is 2. The van der Waals surface area contributed by atoms with Crippen molar-refractivity contribution in [3.05, 3.63) is 182 Å². The third kappa shape index (κ3) is 4.13. The van der Waals surface area contributed by atoms with Gasteiger partial charge in [0.05, 0.1) is 22.1 Å². The zero-order valence-electron chi connectivity index (χ0n) is 26.2. The van der Waals surface area contributed by atoms with Crippen molar-refractivity contribution in [2.24, 2.45) is 0 Å². The molecule has 0 atom stereocenters. The molecule has 0 aliphatic heterocycles. The molecule has 224 valence electrons. The third-order valence-corrected chi connectivity index (χ3v) is 9.88. The highest BCUT2D eigenvalue weighted by molar-refractivity contribution is 6.13. The first-order chi connectivity index (χ1) is 23.8. The van der Waals surface area contributed by atoms with E-state index in [1.54, 1.807) is 0 Å². The van der Waals surface area contributed by atoms with Crippen LogP contribution in [0.3, 0.4) is 0 Å². The monoisotopic (exact) mass is 610 g/mol. The van der Waals surface area contributed by atoms with Gasteiger partial charge in [-0.25, -0.2) is 0 Å². The Kier molecular flexibility index (Phi) is 5.91. The molecule has 0 spiro atoms. The highest BCUT2D eigenvalue weighted by Gasteiger charge is 2.17. The van der Waals surface area contributed by atoms with Gasteiger partial charge in [0, 0.05) is 32.9 Å². The van der Waals surface area contributed by atoms with Gasteiger partial charge in [0.25, 0.3) is 0 Å². The molecule has 0 bridgehead atoms. The van der Waals surface area contributed by atoms with Gasteiger partial charge >= 0.3 is 0 Å². The fourth-order valence-electron chi connectivity index (χ4n) is 7.61. The summed E-state index contributed by atoms with van der Waals surface area (Å²) >= 11 is 0. The number of aromatic nitrogens is 2. The van der Waals surface area contributed by atoms with Gasteiger partial charge in [0.2, 0.25) is 0 Å². The summed E-state index contributed by atoms with van der Waals surface area (Å²) in [4.78, 5) is 0. The third-order valence-electron chi connectivity index (χ3n) is 9.88. The van der Waals surface area contributed by atoms with Gasteiger partial charge in [-0.2, -0.15) is 0 Å². The number of hydrogen-bond donors (Lipinski definition) is 0. The highest BCUT2D eigenvalue weighted by Crippen LogP contribution is 2.39. The van der Waals surface area contributed by atoms with Crippen molar-refractivity contribution in [1.82, 2.24) is 9.13 Å². The fraction of sp³-hybridized carbons (Fsp3) is 0. The van der Waals surface area contributed by atoms with E-state index >= 15 is 0 Å². The summed E-state index contributed by atoms with van der Waals surface area (Å²) in [5, 5.41) is 7.53. The second-order valence-corrected chi connectivity index (χ2v) is 12.6. The first kappa shape index (κ1) is 26.8. The summed E-state index contributed by atoms with van der Waals surface area (Å²) < 4.78 is 4.80. The van der Waals surface area contributed by atoms with E-state index in [9.17, 15) is 0 Å². The van der Waals surface area contributed by atoms with Crippen LogP contribution in [-0.4, -0.2) is 9.13 Å². The predicted molar refractivity (Wildman–Crippen MR) is 203 cm³/mol. The minimum absolute atomic E-state index is 1.17. The molecule has 0 saturated heterocycles. The van der Waals surface area contributed by atoms with Crippen LogP contribution in [0.15, 0.2) is 182 Å². The molecule has 2 aromatic heterocycles. The van der Waals surface area contributed by atoms with Crippen LogP contribution in [0.25, 0.3) is 88.0 Å². The quantitative estimate of drug-likeness (QED) is 0.188. The minimum atomic E-state index is 1.17. The second-order valence-electron chi connectivity index (χ2n) is 12.6. The summed E-state index contributed by atoms with van der Waals surface area (Å²) in [6.07, 6.45) is 0. The lowest BCUT2D eigenvalue weighted by Crippen LogP contribution is -1.94. The topological polar surface area (TPSA) is 9.86 Å². The van der Waals surface area contributed by atoms with Crippen molar-refractivity contribution in [3.8, 4) is 33.6 Å². The normalized spacial score (nSPS) is 11.8. The zero-order valence-corrected chi connectivity index (χ0v) is 26.2. The summed E-state index contributed by atoms with van der Waals surface area (Å²) in [5.41, 5.74) is 12.1. The zero-order chi connectivity index (χ0) is 31.6. The molecule has 10 rings (SSSR count). The predicted octanol–water partition coefficient (Wildman–Crippen LogP) is 12.4. The van der Waals surface area contributed by atoms with Gasteiger partial charge in [0.1, 0.15) is 0 Å². The van der Waals surface area contributed by atoms with E-state index < -0.39 is 0 Å². The van der Waals surface area contributed by atoms with Crippen molar-refractivity contribution in [3.63, 3.8) is 0 Å². The summed E-state index contributed by atoms with van der Waals surface area (Å²) in [7, 11) is 0. The largest absolute Gasteiger partial charge is 0.309 e. The van der Waals surface area contributed by atoms with E-state index in [-0.39, 0.29) is 0 Å². The van der Waals surface area contributed by atoms with Crippen LogP contribution < -0.4 is 0 Å². The molecule has 8 aromatic carbocycles. The molecule has 0 fully saturated rings. The molecule has 48 heavy (non-hydrogen) atoms. The van der Waals surface area contributed by atoms with Crippen LogP contribution in [0.2, 0.25) is 0 Å². The fourth-order valence-corrected chi connectivity index (χ4v) is 7.61. The highest BCUT2D eigenvalue weighted by atomic mass is 15.0. The van der Waals surface area contributed by atoms with Gasteiger partial charge in [-0.3, -0.25) is 0 Å². The van der Waals surface area contributed by atoms with Crippen LogP contribution in [0.1, 0.15) is 0 Å². The lowest BCUT2D eigenvalue weighted by atomic mass is 9.99. The van der Waals surface area contributed by atoms with Crippen molar-refractivity contribution in [2.75, 3.05) is 0 Å². The SMILES string of the molecule is c1ccc(-c2ccc3c(c2)c2cc(-c4ccc5c(c4)c4ccccc4n5-c4ccc5ccccc5c4)ccc2n3-c2ccccc2)cc1. The maximum Gasteiger partial charge on any atom is 0.0541 e. The van der Waals surface area contributed by atoms with Crippen LogP contribution in [0.4, 0.5) is 0 Å². The van der Waals surface area contributed by atoms with Gasteiger partial charge in [-0.1, -0.05) is 115 Å². The van der Waals surface area contributed by atoms with Gasteiger partial charge in [0.15, 0.2) is 0 Å². The van der Waals surface area contributed by atoms with Crippen molar-refractivity contribution in [1.29, 1.82) is 0 Å². The van der Waals surface area contributed by atoms with E-state index in [1.165, 1.54) is 88.0 Å². The van der Waals surface area contributed by atoms with E-state index in [0.717, 1.165) is 0 Å². The molecule has 10 aromatic rings.